The van der Waals surface area contributed by atoms with Crippen molar-refractivity contribution in [1.29, 1.82) is 0 Å². The Balaban J connectivity index is 5.07. The molecule has 65 heavy (non-hydrogen) atoms. The molecule has 0 rings (SSSR count). The molecule has 1 atom stereocenters. The van der Waals surface area contributed by atoms with Crippen molar-refractivity contribution in [3.63, 3.8) is 0 Å². The second-order valence-corrected chi connectivity index (χ2v) is 21.9. The molecule has 8 heteroatoms. The highest BCUT2D eigenvalue weighted by Gasteiger charge is 2.57. The molecular formula is C57H112O7Si. The average molecular weight is 938 g/mol. The van der Waals surface area contributed by atoms with E-state index in [1.165, 1.54) is 219 Å². The Morgan fingerprint density at radius 1 is 0.338 bits per heavy atom. The van der Waals surface area contributed by atoms with Crippen molar-refractivity contribution in [3.8, 4) is 0 Å². The summed E-state index contributed by atoms with van der Waals surface area (Å²) in [5.41, 5.74) is -2.37. The lowest BCUT2D eigenvalue weighted by molar-refractivity contribution is -0.165. The van der Waals surface area contributed by atoms with E-state index in [0.717, 1.165) is 57.8 Å². The molecule has 0 heterocycles. The minimum Gasteiger partial charge on any atom is -0.368 e. The van der Waals surface area contributed by atoms with Gasteiger partial charge in [0.25, 0.3) is 0 Å². The number of Topliss-reactive ketones (excluding diaryl/α,β-unsaturated/α-hetero) is 3. The monoisotopic (exact) mass is 937 g/mol. The predicted octanol–water partition coefficient (Wildman–Crippen LogP) is 17.3. The van der Waals surface area contributed by atoms with Gasteiger partial charge in [0.2, 0.25) is 0 Å². The van der Waals surface area contributed by atoms with Crippen LogP contribution < -0.4 is 0 Å². The fourth-order valence-electron chi connectivity index (χ4n) is 9.86. The molecule has 386 valence electrons. The summed E-state index contributed by atoms with van der Waals surface area (Å²) in [4.78, 5) is 73.2. The Kier molecular flexibility index (Phi) is 46.1. The van der Waals surface area contributed by atoms with Crippen LogP contribution in [0.25, 0.3) is 0 Å². The molecule has 0 saturated heterocycles. The number of hydrogen-bond donors (Lipinski definition) is 3. The van der Waals surface area contributed by atoms with Crippen molar-refractivity contribution in [2.24, 2.45) is 5.92 Å². The standard InChI is InChI=1S/C57H112O7Si/c1-5-8-11-14-17-20-23-26-29-32-35-38-41-44-47-50-54(58)53(4)57(64-65(61,62)63,55(59)51-48-45-42-39-36-33-30-27-24-21-18-15-12-9-6-2)56(60)52-49-46-43-40-37-34-31-28-25-22-19-16-13-10-7-3/h53,61-63H,5-52H2,1-4H3. The maximum absolute atomic E-state index is 14.2. The van der Waals surface area contributed by atoms with E-state index in [2.05, 4.69) is 20.8 Å². The molecule has 0 aliphatic heterocycles. The Morgan fingerprint density at radius 3 is 0.723 bits per heavy atom. The van der Waals surface area contributed by atoms with E-state index in [1.807, 2.05) is 0 Å². The van der Waals surface area contributed by atoms with Gasteiger partial charge in [0.05, 0.1) is 5.92 Å². The van der Waals surface area contributed by atoms with E-state index in [9.17, 15) is 28.8 Å². The van der Waals surface area contributed by atoms with Gasteiger partial charge in [-0.25, -0.2) is 0 Å². The minimum atomic E-state index is -5.38. The Bertz CT molecular complexity index is 1010. The SMILES string of the molecule is CCCCCCCCCCCCCCCCCC(=O)C(C)C(O[Si](O)(O)O)(C(=O)CCCCCCCCCCCCCCCCC)C(=O)CCCCCCCCCCCCCCCCC. The lowest BCUT2D eigenvalue weighted by atomic mass is 9.75. The third-order valence-electron chi connectivity index (χ3n) is 14.3. The molecule has 0 aliphatic carbocycles. The summed E-state index contributed by atoms with van der Waals surface area (Å²) in [5.74, 6) is -2.68. The molecule has 0 fully saturated rings. The van der Waals surface area contributed by atoms with E-state index in [-0.39, 0.29) is 25.0 Å². The first-order chi connectivity index (χ1) is 31.6. The topological polar surface area (TPSA) is 121 Å². The molecule has 0 saturated carbocycles. The first kappa shape index (κ1) is 64.1. The molecule has 0 aliphatic rings. The molecule has 0 bridgehead atoms. The molecule has 0 aromatic heterocycles. The van der Waals surface area contributed by atoms with E-state index >= 15 is 0 Å². The molecule has 1 unspecified atom stereocenters. The Labute approximate surface area is 405 Å². The van der Waals surface area contributed by atoms with Crippen LogP contribution in [0, 0.1) is 5.92 Å². The summed E-state index contributed by atoms with van der Waals surface area (Å²) in [6.45, 7) is 8.31. The summed E-state index contributed by atoms with van der Waals surface area (Å²) in [5, 5.41) is 0. The number of ketones is 3. The van der Waals surface area contributed by atoms with Crippen LogP contribution in [0.4, 0.5) is 0 Å². The molecule has 0 radical (unpaired) electrons. The van der Waals surface area contributed by atoms with Crippen LogP contribution in [0.15, 0.2) is 0 Å². The van der Waals surface area contributed by atoms with E-state index in [4.69, 9.17) is 4.43 Å². The second kappa shape index (κ2) is 46.8. The first-order valence-electron chi connectivity index (χ1n) is 29.0. The smallest absolute Gasteiger partial charge is 0.368 e. The normalized spacial score (nSPS) is 12.6. The summed E-state index contributed by atoms with van der Waals surface area (Å²) >= 11 is 0. The molecule has 7 nitrogen and oxygen atoms in total. The summed E-state index contributed by atoms with van der Waals surface area (Å²) in [6.07, 6.45) is 54.2. The van der Waals surface area contributed by atoms with Gasteiger partial charge in [0.1, 0.15) is 5.78 Å². The predicted molar refractivity (Wildman–Crippen MR) is 279 cm³/mol. The van der Waals surface area contributed by atoms with Gasteiger partial charge in [-0.15, -0.1) is 0 Å². The number of hydrogen-bond acceptors (Lipinski definition) is 7. The molecular weight excluding hydrogens is 825 g/mol. The van der Waals surface area contributed by atoms with Crippen LogP contribution in [0.3, 0.4) is 0 Å². The van der Waals surface area contributed by atoms with Gasteiger partial charge >= 0.3 is 9.05 Å². The third-order valence-corrected chi connectivity index (χ3v) is 14.9. The second-order valence-electron chi connectivity index (χ2n) is 20.5. The summed E-state index contributed by atoms with van der Waals surface area (Å²) in [6, 6.07) is 0. The number of carbonyl (C=O) groups is 3. The number of carbonyl (C=O) groups excluding carboxylic acids is 3. The van der Waals surface area contributed by atoms with Gasteiger partial charge in [-0.05, 0) is 19.3 Å². The zero-order chi connectivity index (χ0) is 48.0. The molecule has 3 N–H and O–H groups in total. The van der Waals surface area contributed by atoms with Gasteiger partial charge in [-0.3, -0.25) is 14.4 Å². The van der Waals surface area contributed by atoms with Crippen molar-refractivity contribution in [2.75, 3.05) is 0 Å². The first-order valence-corrected chi connectivity index (χ1v) is 30.8. The van der Waals surface area contributed by atoms with Crippen molar-refractivity contribution in [2.45, 2.75) is 341 Å². The lowest BCUT2D eigenvalue weighted by Crippen LogP contribution is -2.62. The summed E-state index contributed by atoms with van der Waals surface area (Å²) < 4.78 is 5.50. The zero-order valence-corrected chi connectivity index (χ0v) is 45.0. The molecule has 0 spiro atoms. The quantitative estimate of drug-likeness (QED) is 0.0315. The summed E-state index contributed by atoms with van der Waals surface area (Å²) in [7, 11) is -5.38. The van der Waals surface area contributed by atoms with Crippen LogP contribution in [-0.4, -0.2) is 46.4 Å². The lowest BCUT2D eigenvalue weighted by Gasteiger charge is -2.37. The average Bonchev–Trinajstić information content (AvgIpc) is 3.28. The Morgan fingerprint density at radius 2 is 0.523 bits per heavy atom. The maximum Gasteiger partial charge on any atom is 0.672 e. The fourth-order valence-corrected chi connectivity index (χ4v) is 10.7. The van der Waals surface area contributed by atoms with Gasteiger partial charge in [-0.1, -0.05) is 297 Å². The van der Waals surface area contributed by atoms with Crippen molar-refractivity contribution in [3.05, 3.63) is 0 Å². The van der Waals surface area contributed by atoms with Crippen LogP contribution in [0.1, 0.15) is 336 Å². The van der Waals surface area contributed by atoms with Crippen molar-refractivity contribution >= 4 is 26.4 Å². The highest BCUT2D eigenvalue weighted by atomic mass is 28.4. The van der Waals surface area contributed by atoms with E-state index in [0.29, 0.717) is 19.3 Å². The maximum atomic E-state index is 14.2. The fraction of sp³-hybridized carbons (Fsp3) is 0.947. The van der Waals surface area contributed by atoms with Crippen LogP contribution in [0.2, 0.25) is 0 Å². The highest BCUT2D eigenvalue weighted by Crippen LogP contribution is 2.33. The van der Waals surface area contributed by atoms with Crippen molar-refractivity contribution < 1.29 is 33.2 Å². The number of unbranched alkanes of at least 4 members (excludes halogenated alkanes) is 42. The third kappa shape index (κ3) is 38.6. The van der Waals surface area contributed by atoms with Gasteiger partial charge in [0.15, 0.2) is 17.2 Å². The largest absolute Gasteiger partial charge is 0.672 e. The molecule has 0 amide bonds. The molecule has 0 aromatic rings. The van der Waals surface area contributed by atoms with Crippen LogP contribution in [-0.2, 0) is 18.8 Å². The highest BCUT2D eigenvalue weighted by molar-refractivity contribution is 6.49. The molecule has 0 aromatic carbocycles. The van der Waals surface area contributed by atoms with E-state index < -0.39 is 32.1 Å². The van der Waals surface area contributed by atoms with Crippen molar-refractivity contribution in [1.82, 2.24) is 0 Å². The Hall–Kier alpha value is -0.933. The zero-order valence-electron chi connectivity index (χ0n) is 44.0. The van der Waals surface area contributed by atoms with Gasteiger partial charge in [0, 0.05) is 19.3 Å². The van der Waals surface area contributed by atoms with Crippen LogP contribution in [0.5, 0.6) is 0 Å². The number of rotatable bonds is 54. The van der Waals surface area contributed by atoms with Gasteiger partial charge in [-0.2, -0.15) is 0 Å². The van der Waals surface area contributed by atoms with E-state index in [1.54, 1.807) is 0 Å². The minimum absolute atomic E-state index is 0.00388. The van der Waals surface area contributed by atoms with Gasteiger partial charge < -0.3 is 18.8 Å². The van der Waals surface area contributed by atoms with Crippen LogP contribution >= 0.6 is 0 Å².